The molecule has 12 heteroatoms. The number of hydrogen-bond donors (Lipinski definition) is 3. The molecule has 0 amide bonds. The van der Waals surface area contributed by atoms with Crippen LogP contribution in [0.4, 0.5) is 5.69 Å². The lowest BCUT2D eigenvalue weighted by Gasteiger charge is -2.29. The summed E-state index contributed by atoms with van der Waals surface area (Å²) in [6.45, 7) is 0. The minimum atomic E-state index is -4.19. The van der Waals surface area contributed by atoms with Crippen LogP contribution in [0.1, 0.15) is 11.7 Å². The topological polar surface area (TPSA) is 118 Å². The van der Waals surface area contributed by atoms with Gasteiger partial charge in [-0.15, -0.1) is 0 Å². The standard InChI is InChI=1S/C13H10Cl3N3O4S2/c14-7-3-1-2-6(12(7)16)13-18-9-4-8(15)10(24(17,20)21)5-11(9)25(22,23)19-13/h1-5,13,18-19H,(H2,17,20,21)/t13-/m0/s1. The molecule has 1 atom stereocenters. The van der Waals surface area contributed by atoms with E-state index in [0.717, 1.165) is 6.07 Å². The van der Waals surface area contributed by atoms with Crippen LogP contribution in [0.3, 0.4) is 0 Å². The van der Waals surface area contributed by atoms with Crippen LogP contribution in [-0.4, -0.2) is 16.8 Å². The fourth-order valence-corrected chi connectivity index (χ4v) is 5.27. The zero-order valence-electron chi connectivity index (χ0n) is 12.1. The molecule has 0 fully saturated rings. The van der Waals surface area contributed by atoms with Crippen LogP contribution in [0, 0.1) is 0 Å². The lowest BCUT2D eigenvalue weighted by molar-refractivity contribution is 0.562. The molecule has 0 bridgehead atoms. The summed E-state index contributed by atoms with van der Waals surface area (Å²) >= 11 is 18.0. The highest BCUT2D eigenvalue weighted by Crippen LogP contribution is 2.38. The lowest BCUT2D eigenvalue weighted by Crippen LogP contribution is -2.38. The Morgan fingerprint density at radius 1 is 1.08 bits per heavy atom. The summed E-state index contributed by atoms with van der Waals surface area (Å²) in [5.41, 5.74) is 0.507. The van der Waals surface area contributed by atoms with E-state index >= 15 is 0 Å². The third-order valence-corrected chi connectivity index (χ3v) is 7.17. The molecule has 7 nitrogen and oxygen atoms in total. The monoisotopic (exact) mass is 441 g/mol. The van der Waals surface area contributed by atoms with Crippen molar-refractivity contribution in [3.63, 3.8) is 0 Å². The van der Waals surface area contributed by atoms with Crippen molar-refractivity contribution in [2.24, 2.45) is 5.14 Å². The molecule has 0 spiro atoms. The predicted molar refractivity (Wildman–Crippen MR) is 96.0 cm³/mol. The molecule has 0 unspecified atom stereocenters. The van der Waals surface area contributed by atoms with Crippen molar-refractivity contribution in [3.8, 4) is 0 Å². The third-order valence-electron chi connectivity index (χ3n) is 3.50. The number of primary sulfonamides is 1. The first kappa shape index (κ1) is 18.7. The smallest absolute Gasteiger partial charge is 0.244 e. The Morgan fingerprint density at radius 2 is 1.76 bits per heavy atom. The van der Waals surface area contributed by atoms with E-state index in [1.165, 1.54) is 6.07 Å². The van der Waals surface area contributed by atoms with Crippen LogP contribution >= 0.6 is 34.8 Å². The van der Waals surface area contributed by atoms with Gasteiger partial charge >= 0.3 is 0 Å². The van der Waals surface area contributed by atoms with Crippen LogP contribution in [0.15, 0.2) is 40.1 Å². The first-order valence-corrected chi connectivity index (χ1v) is 10.8. The van der Waals surface area contributed by atoms with E-state index in [4.69, 9.17) is 39.9 Å². The molecule has 25 heavy (non-hydrogen) atoms. The SMILES string of the molecule is NS(=O)(=O)c1cc2c(cc1Cl)N[C@H](c1cccc(Cl)c1Cl)NS2(=O)=O. The average molecular weight is 443 g/mol. The van der Waals surface area contributed by atoms with E-state index in [9.17, 15) is 16.8 Å². The second-order valence-electron chi connectivity index (χ2n) is 5.17. The molecule has 0 saturated heterocycles. The molecule has 134 valence electrons. The summed E-state index contributed by atoms with van der Waals surface area (Å²) < 4.78 is 50.5. The van der Waals surface area contributed by atoms with E-state index in [0.29, 0.717) is 5.56 Å². The number of nitrogens with one attached hydrogen (secondary N) is 2. The molecule has 1 aliphatic rings. The van der Waals surface area contributed by atoms with Crippen molar-refractivity contribution in [3.05, 3.63) is 51.0 Å². The molecule has 2 aromatic rings. The molecule has 0 aliphatic carbocycles. The first-order chi connectivity index (χ1) is 11.5. The van der Waals surface area contributed by atoms with Crippen LogP contribution < -0.4 is 15.2 Å². The van der Waals surface area contributed by atoms with E-state index in [1.807, 2.05) is 0 Å². The van der Waals surface area contributed by atoms with Gasteiger partial charge in [-0.1, -0.05) is 46.9 Å². The molecule has 1 aliphatic heterocycles. The van der Waals surface area contributed by atoms with Gasteiger partial charge in [0.25, 0.3) is 0 Å². The van der Waals surface area contributed by atoms with Gasteiger partial charge in [-0.2, -0.15) is 4.72 Å². The summed E-state index contributed by atoms with van der Waals surface area (Å²) in [6, 6.07) is 6.86. The number of anilines is 1. The fraction of sp³-hybridized carbons (Fsp3) is 0.0769. The number of sulfonamides is 2. The number of fused-ring (bicyclic) bond motifs is 1. The van der Waals surface area contributed by atoms with E-state index in [2.05, 4.69) is 10.0 Å². The maximum Gasteiger partial charge on any atom is 0.244 e. The minimum Gasteiger partial charge on any atom is -0.364 e. The van der Waals surface area contributed by atoms with Gasteiger partial charge in [-0.05, 0) is 18.2 Å². The molecule has 2 aromatic carbocycles. The van der Waals surface area contributed by atoms with Gasteiger partial charge in [-0.3, -0.25) is 0 Å². The van der Waals surface area contributed by atoms with Crippen LogP contribution in [0.25, 0.3) is 0 Å². The molecule has 0 aromatic heterocycles. The fourth-order valence-electron chi connectivity index (χ4n) is 2.38. The lowest BCUT2D eigenvalue weighted by atomic mass is 10.1. The van der Waals surface area contributed by atoms with Crippen molar-refractivity contribution < 1.29 is 16.8 Å². The number of halogens is 3. The summed E-state index contributed by atoms with van der Waals surface area (Å²) in [7, 11) is -8.25. The summed E-state index contributed by atoms with van der Waals surface area (Å²) in [4.78, 5) is -0.783. The van der Waals surface area contributed by atoms with Crippen LogP contribution in [0.2, 0.25) is 15.1 Å². The summed E-state index contributed by atoms with van der Waals surface area (Å²) in [5, 5.41) is 8.19. The highest BCUT2D eigenvalue weighted by molar-refractivity contribution is 7.90. The number of rotatable bonds is 2. The molecule has 1 heterocycles. The van der Waals surface area contributed by atoms with Gasteiger partial charge in [0.15, 0.2) is 0 Å². The largest absolute Gasteiger partial charge is 0.364 e. The molecule has 0 radical (unpaired) electrons. The van der Waals surface area contributed by atoms with Gasteiger partial charge in [0.05, 0.1) is 20.8 Å². The van der Waals surface area contributed by atoms with Gasteiger partial charge in [0.2, 0.25) is 20.0 Å². The zero-order chi connectivity index (χ0) is 18.6. The predicted octanol–water partition coefficient (Wildman–Crippen LogP) is 2.70. The Balaban J connectivity index is 2.16. The first-order valence-electron chi connectivity index (χ1n) is 6.60. The summed E-state index contributed by atoms with van der Waals surface area (Å²) in [6.07, 6.45) is -0.917. The highest BCUT2D eigenvalue weighted by Gasteiger charge is 2.33. The Morgan fingerprint density at radius 3 is 2.40 bits per heavy atom. The second-order valence-corrected chi connectivity index (χ2v) is 9.57. The van der Waals surface area contributed by atoms with Crippen LogP contribution in [0.5, 0.6) is 0 Å². The van der Waals surface area contributed by atoms with Crippen molar-refractivity contribution in [2.45, 2.75) is 16.0 Å². The van der Waals surface area contributed by atoms with Crippen molar-refractivity contribution >= 4 is 60.5 Å². The maximum atomic E-state index is 12.5. The van der Waals surface area contributed by atoms with E-state index in [-0.39, 0.29) is 25.7 Å². The highest BCUT2D eigenvalue weighted by atomic mass is 35.5. The van der Waals surface area contributed by atoms with Crippen molar-refractivity contribution in [1.82, 2.24) is 4.72 Å². The average Bonchev–Trinajstić information content (AvgIpc) is 2.47. The maximum absolute atomic E-state index is 12.5. The molecule has 3 rings (SSSR count). The molecular weight excluding hydrogens is 433 g/mol. The van der Waals surface area contributed by atoms with Gasteiger partial charge in [-0.25, -0.2) is 22.0 Å². The molecular formula is C13H10Cl3N3O4S2. The molecule has 4 N–H and O–H groups in total. The van der Waals surface area contributed by atoms with Gasteiger partial charge in [0, 0.05) is 5.56 Å². The summed E-state index contributed by atoms with van der Waals surface area (Å²) in [5.74, 6) is 0. The number of nitrogens with two attached hydrogens (primary N) is 1. The zero-order valence-corrected chi connectivity index (χ0v) is 16.0. The van der Waals surface area contributed by atoms with E-state index < -0.39 is 31.1 Å². The second kappa shape index (κ2) is 6.27. The third kappa shape index (κ3) is 3.45. The Hall–Kier alpha value is -1.07. The minimum absolute atomic E-state index is 0.109. The Labute approximate surface area is 159 Å². The van der Waals surface area contributed by atoms with Crippen molar-refractivity contribution in [1.29, 1.82) is 0 Å². The van der Waals surface area contributed by atoms with Gasteiger partial charge in [0.1, 0.15) is 16.0 Å². The van der Waals surface area contributed by atoms with Gasteiger partial charge < -0.3 is 5.32 Å². The molecule has 0 saturated carbocycles. The normalized spacial score (nSPS) is 19.1. The Bertz CT molecular complexity index is 1090. The number of benzene rings is 2. The van der Waals surface area contributed by atoms with Crippen molar-refractivity contribution in [2.75, 3.05) is 5.32 Å². The Kier molecular flexibility index (Phi) is 4.70. The van der Waals surface area contributed by atoms with E-state index in [1.54, 1.807) is 18.2 Å². The van der Waals surface area contributed by atoms with Crippen LogP contribution in [-0.2, 0) is 20.0 Å². The quantitative estimate of drug-likeness (QED) is 0.661. The number of hydrogen-bond acceptors (Lipinski definition) is 5.